The second-order valence-electron chi connectivity index (χ2n) is 8.29. The maximum atomic E-state index is 13.7. The van der Waals surface area contributed by atoms with E-state index in [1.165, 1.54) is 9.58 Å². The lowest BCUT2D eigenvalue weighted by atomic mass is 10.0. The number of carbonyl (C=O) groups excluding carboxylic acids is 2. The van der Waals surface area contributed by atoms with Crippen molar-refractivity contribution in [2.75, 3.05) is 6.54 Å². The smallest absolute Gasteiger partial charge is 0.294 e. The summed E-state index contributed by atoms with van der Waals surface area (Å²) in [4.78, 5) is 41.9. The Kier molecular flexibility index (Phi) is 6.84. The largest absolute Gasteiger partial charge is 0.326 e. The predicted molar refractivity (Wildman–Crippen MR) is 132 cm³/mol. The lowest BCUT2D eigenvalue weighted by Crippen LogP contribution is -2.39. The van der Waals surface area contributed by atoms with Crippen LogP contribution in [0.3, 0.4) is 0 Å². The molecule has 0 bridgehead atoms. The van der Waals surface area contributed by atoms with Crippen molar-refractivity contribution in [3.8, 4) is 5.69 Å². The zero-order valence-electron chi connectivity index (χ0n) is 19.6. The Morgan fingerprint density at radius 1 is 0.912 bits per heavy atom. The third kappa shape index (κ3) is 4.12. The van der Waals surface area contributed by atoms with Crippen molar-refractivity contribution in [1.82, 2.24) is 14.7 Å². The van der Waals surface area contributed by atoms with Crippen LogP contribution in [-0.2, 0) is 22.4 Å². The Labute approximate surface area is 203 Å². The third-order valence-corrected chi connectivity index (χ3v) is 6.21. The molecule has 176 valence electrons. The second kappa shape index (κ2) is 9.81. The number of hydrogen-bond acceptors (Lipinski definition) is 3. The van der Waals surface area contributed by atoms with E-state index in [4.69, 9.17) is 11.6 Å². The van der Waals surface area contributed by atoms with Crippen LogP contribution in [0, 0.1) is 0 Å². The van der Waals surface area contributed by atoms with E-state index in [2.05, 4.69) is 5.10 Å². The number of amides is 2. The van der Waals surface area contributed by atoms with Gasteiger partial charge < -0.3 is 0 Å². The highest BCUT2D eigenvalue weighted by atomic mass is 35.5. The summed E-state index contributed by atoms with van der Waals surface area (Å²) in [6.07, 6.45) is 6.34. The van der Waals surface area contributed by atoms with Crippen LogP contribution in [0.15, 0.2) is 53.6 Å². The van der Waals surface area contributed by atoms with E-state index in [1.807, 2.05) is 32.9 Å². The lowest BCUT2D eigenvalue weighted by Gasteiger charge is -2.11. The summed E-state index contributed by atoms with van der Waals surface area (Å²) in [7, 11) is 0. The van der Waals surface area contributed by atoms with Gasteiger partial charge in [-0.15, -0.1) is 0 Å². The summed E-state index contributed by atoms with van der Waals surface area (Å²) in [5.74, 6) is -0.831. The highest BCUT2D eigenvalue weighted by Crippen LogP contribution is 2.30. The molecule has 2 aromatic heterocycles. The third-order valence-electron chi connectivity index (χ3n) is 5.96. The van der Waals surface area contributed by atoms with E-state index in [0.29, 0.717) is 29.2 Å². The van der Waals surface area contributed by atoms with Crippen LogP contribution < -0.4 is 10.1 Å². The van der Waals surface area contributed by atoms with Crippen molar-refractivity contribution in [1.29, 1.82) is 0 Å². The summed E-state index contributed by atoms with van der Waals surface area (Å²) < 4.78 is 3.06. The van der Waals surface area contributed by atoms with Crippen molar-refractivity contribution in [2.24, 2.45) is 0 Å². The first kappa shape index (κ1) is 23.7. The molecule has 0 fully saturated rings. The standard InChI is InChI=1S/C26H27ClN4O3/c1-4-7-20-21(25(33)31(28-20)19-10-8-18(27)9-11-19)22-23(26(34)30(14-5-2)24(22)32)29-15-12-17(6-3)13-16-29/h8-13,15-16H,4-7,14H2,1-3H3/p+1. The van der Waals surface area contributed by atoms with Gasteiger partial charge in [0.05, 0.1) is 11.3 Å². The quantitative estimate of drug-likeness (QED) is 0.394. The number of nitrogens with one attached hydrogen (secondary N) is 1. The van der Waals surface area contributed by atoms with E-state index in [0.717, 1.165) is 18.4 Å². The van der Waals surface area contributed by atoms with Gasteiger partial charge >= 0.3 is 5.91 Å². The van der Waals surface area contributed by atoms with Crippen molar-refractivity contribution in [3.63, 3.8) is 0 Å². The molecule has 0 spiro atoms. The van der Waals surface area contributed by atoms with E-state index >= 15 is 0 Å². The number of halogens is 1. The molecule has 1 N–H and O–H groups in total. The van der Waals surface area contributed by atoms with Gasteiger partial charge in [-0.05, 0) is 49.1 Å². The van der Waals surface area contributed by atoms with E-state index in [-0.39, 0.29) is 28.9 Å². The minimum atomic E-state index is -0.439. The average molecular weight is 480 g/mol. The molecule has 0 radical (unpaired) electrons. The zero-order chi connectivity index (χ0) is 24.4. The molecule has 0 atom stereocenters. The van der Waals surface area contributed by atoms with Gasteiger partial charge in [0.25, 0.3) is 17.2 Å². The molecule has 2 amide bonds. The summed E-state index contributed by atoms with van der Waals surface area (Å²) in [6, 6.07) is 10.7. The van der Waals surface area contributed by atoms with Crippen LogP contribution >= 0.6 is 11.6 Å². The number of H-pyrrole nitrogens is 1. The van der Waals surface area contributed by atoms with Gasteiger partial charge in [0.15, 0.2) is 12.4 Å². The van der Waals surface area contributed by atoms with Crippen LogP contribution in [0.1, 0.15) is 50.4 Å². The van der Waals surface area contributed by atoms with E-state index in [1.54, 1.807) is 41.2 Å². The van der Waals surface area contributed by atoms with Crippen molar-refractivity contribution in [3.05, 3.63) is 81.0 Å². The summed E-state index contributed by atoms with van der Waals surface area (Å²) in [5.41, 5.74) is 2.56. The van der Waals surface area contributed by atoms with Gasteiger partial charge in [0, 0.05) is 29.4 Å². The first-order valence-corrected chi connectivity index (χ1v) is 12.0. The number of nitrogens with zero attached hydrogens (tertiary/aromatic N) is 3. The summed E-state index contributed by atoms with van der Waals surface area (Å²) in [6.45, 7) is 6.25. The van der Waals surface area contributed by atoms with Crippen molar-refractivity contribution < 1.29 is 14.2 Å². The Balaban J connectivity index is 1.98. The number of hydrogen-bond donors (Lipinski definition) is 1. The molecule has 0 saturated heterocycles. The number of benzene rings is 1. The molecule has 7 nitrogen and oxygen atoms in total. The number of pyridine rings is 1. The molecule has 1 aliphatic rings. The van der Waals surface area contributed by atoms with Crippen LogP contribution in [0.2, 0.25) is 5.02 Å². The maximum Gasteiger partial charge on any atom is 0.326 e. The van der Waals surface area contributed by atoms with Gasteiger partial charge in [-0.3, -0.25) is 24.4 Å². The number of aromatic nitrogens is 3. The Morgan fingerprint density at radius 3 is 2.18 bits per heavy atom. The molecule has 0 unspecified atom stereocenters. The van der Waals surface area contributed by atoms with Crippen LogP contribution in [0.25, 0.3) is 17.0 Å². The normalized spacial score (nSPS) is 13.9. The molecule has 4 rings (SSSR count). The minimum Gasteiger partial charge on any atom is -0.294 e. The molecule has 3 aromatic rings. The second-order valence-corrected chi connectivity index (χ2v) is 8.72. The minimum absolute atomic E-state index is 0.144. The van der Waals surface area contributed by atoms with Gasteiger partial charge in [0.2, 0.25) is 0 Å². The Hall–Kier alpha value is -3.45. The number of rotatable bonds is 8. The zero-order valence-corrected chi connectivity index (χ0v) is 20.4. The van der Waals surface area contributed by atoms with Crippen molar-refractivity contribution in [2.45, 2.75) is 46.5 Å². The van der Waals surface area contributed by atoms with Gasteiger partial charge in [0.1, 0.15) is 5.57 Å². The number of imide groups is 1. The number of carbonyl (C=O) groups is 2. The van der Waals surface area contributed by atoms with Gasteiger partial charge in [-0.2, -0.15) is 4.57 Å². The average Bonchev–Trinajstić information content (AvgIpc) is 3.28. The molecule has 34 heavy (non-hydrogen) atoms. The monoisotopic (exact) mass is 479 g/mol. The maximum absolute atomic E-state index is 13.7. The fraction of sp³-hybridized carbons (Fsp3) is 0.308. The van der Waals surface area contributed by atoms with E-state index < -0.39 is 11.8 Å². The summed E-state index contributed by atoms with van der Waals surface area (Å²) in [5, 5.41) is 3.73. The molecule has 1 aliphatic heterocycles. The molecule has 1 aromatic carbocycles. The first-order chi connectivity index (χ1) is 16.4. The lowest BCUT2D eigenvalue weighted by molar-refractivity contribution is -0.577. The topological polar surface area (TPSA) is 79.1 Å². The molecule has 8 heteroatoms. The summed E-state index contributed by atoms with van der Waals surface area (Å²) >= 11 is 6.02. The van der Waals surface area contributed by atoms with Gasteiger partial charge in [-0.1, -0.05) is 38.8 Å². The molecular weight excluding hydrogens is 452 g/mol. The number of aromatic amines is 1. The first-order valence-electron chi connectivity index (χ1n) is 11.6. The Morgan fingerprint density at radius 2 is 1.59 bits per heavy atom. The highest BCUT2D eigenvalue weighted by molar-refractivity contribution is 6.44. The predicted octanol–water partition coefficient (Wildman–Crippen LogP) is 3.77. The van der Waals surface area contributed by atoms with Crippen LogP contribution in [-0.4, -0.2) is 33.0 Å². The van der Waals surface area contributed by atoms with Gasteiger partial charge in [-0.25, -0.2) is 4.68 Å². The highest BCUT2D eigenvalue weighted by Gasteiger charge is 2.47. The van der Waals surface area contributed by atoms with Crippen molar-refractivity contribution >= 4 is 34.7 Å². The SMILES string of the molecule is CCCc1[nH]n(-c2ccc(Cl)cc2)c(=O)c1C1=C([n+]2ccc(CC)cc2)C(=O)N(CCC)C1=O. The molecular formula is C26H28ClN4O3+. The van der Waals surface area contributed by atoms with Crippen LogP contribution in [0.5, 0.6) is 0 Å². The van der Waals surface area contributed by atoms with E-state index in [9.17, 15) is 14.4 Å². The fourth-order valence-corrected chi connectivity index (χ4v) is 4.37. The fourth-order valence-electron chi connectivity index (χ4n) is 4.24. The molecule has 3 heterocycles. The Bertz CT molecular complexity index is 1320. The molecule has 0 aliphatic carbocycles. The number of aryl methyl sites for hydroxylation is 2. The van der Waals surface area contributed by atoms with Crippen LogP contribution in [0.4, 0.5) is 0 Å². The molecule has 0 saturated carbocycles.